The van der Waals surface area contributed by atoms with Crippen molar-refractivity contribution in [1.29, 1.82) is 0 Å². The topological polar surface area (TPSA) is 51.4 Å². The van der Waals surface area contributed by atoms with Crippen LogP contribution in [0.4, 0.5) is 8.78 Å². The number of rotatable bonds is 7. The van der Waals surface area contributed by atoms with Crippen molar-refractivity contribution in [2.24, 2.45) is 10.9 Å². The average molecular weight is 521 g/mol. The van der Waals surface area contributed by atoms with Gasteiger partial charge in [0.05, 0.1) is 30.9 Å². The Kier molecular flexibility index (Phi) is 8.65. The molecule has 0 saturated heterocycles. The number of aromatic nitrogens is 2. The molecule has 2 aromatic rings. The first-order valence-corrected chi connectivity index (χ1v) is 13.4. The minimum atomic E-state index is -0.825. The summed E-state index contributed by atoms with van der Waals surface area (Å²) in [6.07, 6.45) is 12.6. The molecule has 0 bridgehead atoms. The lowest BCUT2D eigenvalue weighted by Crippen LogP contribution is -2.39. The van der Waals surface area contributed by atoms with Gasteiger partial charge >= 0.3 is 0 Å². The van der Waals surface area contributed by atoms with E-state index in [4.69, 9.17) is 9.73 Å². The summed E-state index contributed by atoms with van der Waals surface area (Å²) in [5.41, 5.74) is 6.87. The van der Waals surface area contributed by atoms with Crippen molar-refractivity contribution in [3.8, 4) is 0 Å². The van der Waals surface area contributed by atoms with Crippen molar-refractivity contribution in [3.05, 3.63) is 88.4 Å². The Hall–Kier alpha value is -3.48. The molecule has 0 spiro atoms. The van der Waals surface area contributed by atoms with Crippen LogP contribution in [-0.2, 0) is 4.74 Å². The molecule has 2 aliphatic rings. The van der Waals surface area contributed by atoms with Crippen LogP contribution in [0, 0.1) is 24.5 Å². The van der Waals surface area contributed by atoms with Gasteiger partial charge in [0.2, 0.25) is 0 Å². The van der Waals surface area contributed by atoms with Crippen molar-refractivity contribution in [2.45, 2.75) is 72.8 Å². The minimum Gasteiger partial charge on any atom is -0.499 e. The first kappa shape index (κ1) is 27.6. The van der Waals surface area contributed by atoms with Crippen LogP contribution >= 0.6 is 0 Å². The second-order valence-corrected chi connectivity index (χ2v) is 10.2. The van der Waals surface area contributed by atoms with Crippen molar-refractivity contribution in [1.82, 2.24) is 14.9 Å². The number of fused-ring (bicyclic) bond motifs is 1. The number of hydrogen-bond acceptors (Lipinski definition) is 4. The largest absolute Gasteiger partial charge is 0.499 e. The van der Waals surface area contributed by atoms with Crippen LogP contribution in [0.25, 0.3) is 11.3 Å². The summed E-state index contributed by atoms with van der Waals surface area (Å²) in [5.74, 6) is 0.136. The number of halogens is 2. The van der Waals surface area contributed by atoms with E-state index in [1.807, 2.05) is 30.7 Å². The van der Waals surface area contributed by atoms with E-state index >= 15 is 0 Å². The van der Waals surface area contributed by atoms with E-state index in [1.165, 1.54) is 17.7 Å². The predicted molar refractivity (Wildman–Crippen MR) is 150 cm³/mol. The maximum Gasteiger partial charge on any atom is 0.159 e. The zero-order valence-corrected chi connectivity index (χ0v) is 23.2. The van der Waals surface area contributed by atoms with Gasteiger partial charge in [-0.3, -0.25) is 4.99 Å². The number of aliphatic imine (C=N–C) groups is 1. The Morgan fingerprint density at radius 1 is 1.18 bits per heavy atom. The quantitative estimate of drug-likeness (QED) is 0.302. The van der Waals surface area contributed by atoms with Crippen LogP contribution in [0.5, 0.6) is 0 Å². The lowest BCUT2D eigenvalue weighted by molar-refractivity contribution is 0.294. The summed E-state index contributed by atoms with van der Waals surface area (Å²) < 4.78 is 35.5. The molecule has 5 nitrogen and oxygen atoms in total. The van der Waals surface area contributed by atoms with Crippen molar-refractivity contribution >= 4 is 17.1 Å². The van der Waals surface area contributed by atoms with Gasteiger partial charge < -0.3 is 14.6 Å². The Morgan fingerprint density at radius 2 is 1.97 bits per heavy atom. The number of nitrogens with one attached hydrogen (secondary N) is 1. The van der Waals surface area contributed by atoms with Crippen LogP contribution in [0.15, 0.2) is 70.5 Å². The summed E-state index contributed by atoms with van der Waals surface area (Å²) in [7, 11) is 1.66. The number of imidazole rings is 1. The Bertz CT molecular complexity index is 1350. The normalized spacial score (nSPS) is 21.3. The van der Waals surface area contributed by atoms with Crippen molar-refractivity contribution in [2.75, 3.05) is 7.11 Å². The fraction of sp³-hybridized carbons (Fsp3) is 0.419. The summed E-state index contributed by atoms with van der Waals surface area (Å²) in [6.45, 7) is 10.3. The Labute approximate surface area is 224 Å². The molecule has 0 saturated carbocycles. The summed E-state index contributed by atoms with van der Waals surface area (Å²) in [4.78, 5) is 9.49. The first-order valence-electron chi connectivity index (χ1n) is 13.4. The number of hydrogen-bond donors (Lipinski definition) is 1. The van der Waals surface area contributed by atoms with Gasteiger partial charge in [-0.2, -0.15) is 0 Å². The number of aryl methyl sites for hydroxylation is 1. The van der Waals surface area contributed by atoms with E-state index in [9.17, 15) is 8.78 Å². The van der Waals surface area contributed by atoms with E-state index in [0.717, 1.165) is 77.5 Å². The molecule has 0 fully saturated rings. The lowest BCUT2D eigenvalue weighted by atomic mass is 9.87. The molecule has 1 aliphatic heterocycles. The van der Waals surface area contributed by atoms with E-state index in [-0.39, 0.29) is 12.0 Å². The van der Waals surface area contributed by atoms with Gasteiger partial charge in [0.15, 0.2) is 11.6 Å². The fourth-order valence-electron chi connectivity index (χ4n) is 5.21. The van der Waals surface area contributed by atoms with Crippen LogP contribution in [0.1, 0.15) is 71.1 Å². The summed E-state index contributed by atoms with van der Waals surface area (Å²) >= 11 is 0. The molecule has 38 heavy (non-hydrogen) atoms. The second-order valence-electron chi connectivity index (χ2n) is 10.2. The lowest BCUT2D eigenvalue weighted by Gasteiger charge is -2.33. The van der Waals surface area contributed by atoms with Gasteiger partial charge in [0.25, 0.3) is 0 Å². The van der Waals surface area contributed by atoms with Gasteiger partial charge in [-0.15, -0.1) is 0 Å². The highest BCUT2D eigenvalue weighted by Gasteiger charge is 2.32. The number of allylic oxidation sites excluding steroid dienone is 5. The first-order chi connectivity index (χ1) is 18.2. The van der Waals surface area contributed by atoms with E-state index in [1.54, 1.807) is 19.5 Å². The van der Waals surface area contributed by atoms with E-state index in [2.05, 4.69) is 37.1 Å². The van der Waals surface area contributed by atoms with Crippen molar-refractivity contribution < 1.29 is 13.5 Å². The molecule has 1 aromatic carbocycles. The van der Waals surface area contributed by atoms with Gasteiger partial charge in [-0.05, 0) is 88.8 Å². The van der Waals surface area contributed by atoms with Crippen LogP contribution in [0.2, 0.25) is 0 Å². The van der Waals surface area contributed by atoms with Gasteiger partial charge in [0.1, 0.15) is 11.6 Å². The Morgan fingerprint density at radius 3 is 2.63 bits per heavy atom. The fourth-order valence-corrected chi connectivity index (χ4v) is 5.21. The third-order valence-corrected chi connectivity index (χ3v) is 7.63. The molecule has 7 heteroatoms. The van der Waals surface area contributed by atoms with Crippen LogP contribution in [0.3, 0.4) is 0 Å². The highest BCUT2D eigenvalue weighted by Crippen LogP contribution is 2.38. The molecule has 2 heterocycles. The number of methoxy groups -OCH3 is 1. The second kappa shape index (κ2) is 11.9. The number of benzene rings is 1. The highest BCUT2D eigenvalue weighted by atomic mass is 19.2. The summed E-state index contributed by atoms with van der Waals surface area (Å²) in [5, 5.41) is 3.67. The predicted octanol–water partition coefficient (Wildman–Crippen LogP) is 7.58. The SMILES string of the molecule is CCC(C)=C(/C=C\C(=C(C)OC)n1cnc(C)c1)C1=NC(C)C2CCCCC(c3ccc(F)c(F)c3)=C2N1. The number of nitrogens with zero attached hydrogens (tertiary/aromatic N) is 3. The smallest absolute Gasteiger partial charge is 0.159 e. The monoisotopic (exact) mass is 520 g/mol. The molecule has 0 amide bonds. The van der Waals surface area contributed by atoms with Crippen LogP contribution in [-0.4, -0.2) is 28.5 Å². The third kappa shape index (κ3) is 5.82. The van der Waals surface area contributed by atoms with E-state index < -0.39 is 11.6 Å². The van der Waals surface area contributed by atoms with Gasteiger partial charge in [0, 0.05) is 23.4 Å². The molecule has 1 aliphatic carbocycles. The zero-order valence-electron chi connectivity index (χ0n) is 23.2. The standard InChI is InChI=1S/C31H38F2N4O/c1-7-19(2)24(13-15-29(22(5)38-6)37-17-20(3)34-18-37)31-35-21(4)25-10-8-9-11-26(30(25)36-31)23-12-14-27(32)28(33)16-23/h12-18,21,25H,7-11H2,1-6H3,(H,35,36)/b15-13-,24-19?,29-22?. The number of amidine groups is 1. The maximum atomic E-state index is 14.2. The number of ether oxygens (including phenoxy) is 1. The zero-order chi connectivity index (χ0) is 27.4. The molecular weight excluding hydrogens is 482 g/mol. The van der Waals surface area contributed by atoms with Gasteiger partial charge in [-0.25, -0.2) is 13.8 Å². The molecule has 2 unspecified atom stereocenters. The molecular formula is C31H38F2N4O. The molecule has 0 radical (unpaired) electrons. The maximum absolute atomic E-state index is 14.2. The third-order valence-electron chi connectivity index (χ3n) is 7.63. The molecule has 2 atom stereocenters. The average Bonchev–Trinajstić information content (AvgIpc) is 3.21. The van der Waals surface area contributed by atoms with Crippen LogP contribution < -0.4 is 5.32 Å². The molecule has 202 valence electrons. The Balaban J connectivity index is 1.79. The molecule has 1 aromatic heterocycles. The highest BCUT2D eigenvalue weighted by molar-refractivity contribution is 6.04. The van der Waals surface area contributed by atoms with E-state index in [0.29, 0.717) is 0 Å². The molecule has 1 N–H and O–H groups in total. The van der Waals surface area contributed by atoms with Gasteiger partial charge in [-0.1, -0.05) is 25.0 Å². The minimum absolute atomic E-state index is 0.0553. The van der Waals surface area contributed by atoms with Crippen molar-refractivity contribution in [3.63, 3.8) is 0 Å². The summed E-state index contributed by atoms with van der Waals surface area (Å²) in [6, 6.07) is 4.29. The molecule has 4 rings (SSSR count).